The van der Waals surface area contributed by atoms with Crippen LogP contribution in [0.1, 0.15) is 16.1 Å². The number of carbonyl (C=O) groups excluding carboxylic acids is 1. The van der Waals surface area contributed by atoms with Crippen molar-refractivity contribution in [2.75, 3.05) is 0 Å². The summed E-state index contributed by atoms with van der Waals surface area (Å²) in [5.41, 5.74) is 8.13. The first-order chi connectivity index (χ1) is 11.6. The van der Waals surface area contributed by atoms with Gasteiger partial charge in [0.15, 0.2) is 0 Å². The van der Waals surface area contributed by atoms with Crippen molar-refractivity contribution < 1.29 is 9.18 Å². The highest BCUT2D eigenvalue weighted by Crippen LogP contribution is 2.17. The maximum Gasteiger partial charge on any atom is 0.287 e. The lowest BCUT2D eigenvalue weighted by atomic mass is 10.1. The lowest BCUT2D eigenvalue weighted by Crippen LogP contribution is -2.36. The molecule has 3 rings (SSSR count). The van der Waals surface area contributed by atoms with E-state index in [2.05, 4.69) is 32.6 Å². The molecule has 1 amide bonds. The Morgan fingerprint density at radius 1 is 1.08 bits per heavy atom. The molecule has 0 aliphatic rings. The van der Waals surface area contributed by atoms with Crippen LogP contribution in [0.3, 0.4) is 0 Å². The van der Waals surface area contributed by atoms with Gasteiger partial charge in [-0.25, -0.2) is 4.39 Å². The summed E-state index contributed by atoms with van der Waals surface area (Å²) in [5.74, 6) is -0.725. The molecule has 0 atom stereocenters. The summed E-state index contributed by atoms with van der Waals surface area (Å²) in [6, 6.07) is 11.0. The van der Waals surface area contributed by atoms with Gasteiger partial charge in [0, 0.05) is 23.5 Å². The summed E-state index contributed by atoms with van der Waals surface area (Å²) in [7, 11) is 0. The van der Waals surface area contributed by atoms with E-state index in [1.165, 1.54) is 12.1 Å². The van der Waals surface area contributed by atoms with E-state index >= 15 is 0 Å². The van der Waals surface area contributed by atoms with Gasteiger partial charge in [0.2, 0.25) is 0 Å². The number of hydrazine groups is 1. The molecule has 1 aromatic carbocycles. The van der Waals surface area contributed by atoms with Crippen molar-refractivity contribution in [2.45, 2.75) is 0 Å². The van der Waals surface area contributed by atoms with E-state index in [0.29, 0.717) is 17.0 Å². The molecule has 0 aliphatic heterocycles. The fraction of sp³-hybridized carbons (Fsp3) is 0. The molecule has 0 spiro atoms. The molecule has 2 heterocycles. The first kappa shape index (κ1) is 15.4. The third-order valence-electron chi connectivity index (χ3n) is 3.32. The molecule has 0 fully saturated rings. The van der Waals surface area contributed by atoms with Crippen molar-refractivity contribution in [1.82, 2.24) is 26.0 Å². The highest BCUT2D eigenvalue weighted by atomic mass is 19.1. The minimum absolute atomic E-state index is 0.268. The second-order valence-electron chi connectivity index (χ2n) is 4.97. The molecule has 6 nitrogen and oxygen atoms in total. The summed E-state index contributed by atoms with van der Waals surface area (Å²) in [4.78, 5) is 16.0. The van der Waals surface area contributed by atoms with Crippen LogP contribution in [-0.2, 0) is 0 Å². The standard InChI is InChI=1S/C17H14FN5O/c1-11(12-6-8-19-9-7-12)20-23-17(24)16-10-15(21-22-16)13-2-4-14(18)5-3-13/h2-10,20H,1H2,(H,21,22)(H,23,24). The third kappa shape index (κ3) is 3.46. The number of benzene rings is 1. The van der Waals surface area contributed by atoms with E-state index in [0.717, 1.165) is 5.56 Å². The van der Waals surface area contributed by atoms with Gasteiger partial charge in [-0.1, -0.05) is 6.58 Å². The van der Waals surface area contributed by atoms with Crippen LogP contribution < -0.4 is 10.9 Å². The number of hydrogen-bond donors (Lipinski definition) is 3. The van der Waals surface area contributed by atoms with Crippen molar-refractivity contribution in [3.05, 3.63) is 78.5 Å². The first-order valence-corrected chi connectivity index (χ1v) is 7.10. The summed E-state index contributed by atoms with van der Waals surface area (Å²) >= 11 is 0. The van der Waals surface area contributed by atoms with Gasteiger partial charge in [-0.05, 0) is 42.5 Å². The Morgan fingerprint density at radius 3 is 2.50 bits per heavy atom. The van der Waals surface area contributed by atoms with Gasteiger partial charge in [-0.15, -0.1) is 0 Å². The van der Waals surface area contributed by atoms with E-state index in [1.54, 1.807) is 42.7 Å². The minimum atomic E-state index is -0.397. The number of hydrogen-bond acceptors (Lipinski definition) is 4. The Kier molecular flexibility index (Phi) is 4.33. The Bertz CT molecular complexity index is 858. The smallest absolute Gasteiger partial charge is 0.287 e. The van der Waals surface area contributed by atoms with Crippen LogP contribution in [0.5, 0.6) is 0 Å². The third-order valence-corrected chi connectivity index (χ3v) is 3.32. The molecule has 0 bridgehead atoms. The monoisotopic (exact) mass is 323 g/mol. The van der Waals surface area contributed by atoms with Gasteiger partial charge in [0.1, 0.15) is 11.5 Å². The molecule has 0 radical (unpaired) electrons. The lowest BCUT2D eigenvalue weighted by Gasteiger charge is -2.09. The van der Waals surface area contributed by atoms with Crippen LogP contribution in [0.25, 0.3) is 17.0 Å². The number of halogens is 1. The molecule has 0 aliphatic carbocycles. The lowest BCUT2D eigenvalue weighted by molar-refractivity contribution is 0.0937. The maximum absolute atomic E-state index is 12.9. The molecule has 2 aromatic heterocycles. The van der Waals surface area contributed by atoms with Gasteiger partial charge >= 0.3 is 0 Å². The van der Waals surface area contributed by atoms with Crippen LogP contribution in [0, 0.1) is 5.82 Å². The average Bonchev–Trinajstić information content (AvgIpc) is 3.11. The SMILES string of the molecule is C=C(NNC(=O)c1cc(-c2ccc(F)cc2)n[nH]1)c1ccncc1. The minimum Gasteiger partial charge on any atom is -0.298 e. The number of rotatable bonds is 5. The van der Waals surface area contributed by atoms with Gasteiger partial charge in [-0.2, -0.15) is 5.10 Å². The highest BCUT2D eigenvalue weighted by molar-refractivity contribution is 5.93. The first-order valence-electron chi connectivity index (χ1n) is 7.10. The summed E-state index contributed by atoms with van der Waals surface area (Å²) < 4.78 is 12.9. The summed E-state index contributed by atoms with van der Waals surface area (Å²) in [6.07, 6.45) is 3.27. The molecule has 24 heavy (non-hydrogen) atoms. The largest absolute Gasteiger partial charge is 0.298 e. The quantitative estimate of drug-likeness (QED) is 0.630. The van der Waals surface area contributed by atoms with Crippen LogP contribution in [0.15, 0.2) is 61.4 Å². The molecule has 7 heteroatoms. The van der Waals surface area contributed by atoms with Gasteiger partial charge in [0.05, 0.1) is 11.4 Å². The fourth-order valence-corrected chi connectivity index (χ4v) is 2.03. The fourth-order valence-electron chi connectivity index (χ4n) is 2.03. The van der Waals surface area contributed by atoms with E-state index in [1.807, 2.05) is 0 Å². The number of amides is 1. The number of nitrogens with zero attached hydrogens (tertiary/aromatic N) is 2. The van der Waals surface area contributed by atoms with Crippen molar-refractivity contribution in [1.29, 1.82) is 0 Å². The number of carbonyl (C=O) groups is 1. The molecular weight excluding hydrogens is 309 g/mol. The average molecular weight is 323 g/mol. The number of aromatic nitrogens is 3. The van der Waals surface area contributed by atoms with Crippen molar-refractivity contribution >= 4 is 11.6 Å². The second-order valence-corrected chi connectivity index (χ2v) is 4.97. The van der Waals surface area contributed by atoms with Gasteiger partial charge < -0.3 is 0 Å². The Hall–Kier alpha value is -3.48. The number of nitrogens with one attached hydrogen (secondary N) is 3. The van der Waals surface area contributed by atoms with E-state index in [9.17, 15) is 9.18 Å². The van der Waals surface area contributed by atoms with E-state index in [-0.39, 0.29) is 11.5 Å². The maximum atomic E-state index is 12.9. The number of pyridine rings is 1. The molecule has 0 saturated carbocycles. The number of aromatic amines is 1. The van der Waals surface area contributed by atoms with Crippen LogP contribution >= 0.6 is 0 Å². The normalized spacial score (nSPS) is 10.2. The molecule has 3 N–H and O–H groups in total. The van der Waals surface area contributed by atoms with Crippen LogP contribution in [-0.4, -0.2) is 21.1 Å². The molecule has 120 valence electrons. The van der Waals surface area contributed by atoms with Crippen molar-refractivity contribution in [3.8, 4) is 11.3 Å². The second kappa shape index (κ2) is 6.74. The van der Waals surface area contributed by atoms with Crippen molar-refractivity contribution in [2.24, 2.45) is 0 Å². The van der Waals surface area contributed by atoms with Crippen LogP contribution in [0.2, 0.25) is 0 Å². The zero-order chi connectivity index (χ0) is 16.9. The summed E-state index contributed by atoms with van der Waals surface area (Å²) in [6.45, 7) is 3.84. The van der Waals surface area contributed by atoms with Gasteiger partial charge in [0.25, 0.3) is 5.91 Å². The Labute approximate surface area is 137 Å². The van der Waals surface area contributed by atoms with Crippen molar-refractivity contribution in [3.63, 3.8) is 0 Å². The summed E-state index contributed by atoms with van der Waals surface area (Å²) in [5, 5.41) is 6.70. The van der Waals surface area contributed by atoms with E-state index < -0.39 is 5.91 Å². The molecule has 0 unspecified atom stereocenters. The topological polar surface area (TPSA) is 82.7 Å². The predicted molar refractivity (Wildman–Crippen MR) is 87.9 cm³/mol. The zero-order valence-corrected chi connectivity index (χ0v) is 12.6. The van der Waals surface area contributed by atoms with Crippen LogP contribution in [0.4, 0.5) is 4.39 Å². The Morgan fingerprint density at radius 2 is 1.79 bits per heavy atom. The molecular formula is C17H14FN5O. The van der Waals surface area contributed by atoms with E-state index in [4.69, 9.17) is 0 Å². The predicted octanol–water partition coefficient (Wildman–Crippen LogP) is 2.52. The zero-order valence-electron chi connectivity index (χ0n) is 12.6. The number of H-pyrrole nitrogens is 1. The molecule has 3 aromatic rings. The highest BCUT2D eigenvalue weighted by Gasteiger charge is 2.11. The Balaban J connectivity index is 1.64. The van der Waals surface area contributed by atoms with Gasteiger partial charge in [-0.3, -0.25) is 25.7 Å². The molecule has 0 saturated heterocycles.